The van der Waals surface area contributed by atoms with Crippen LogP contribution in [0.3, 0.4) is 0 Å². The van der Waals surface area contributed by atoms with Crippen LogP contribution in [0, 0.1) is 12.7 Å². The van der Waals surface area contributed by atoms with Gasteiger partial charge >= 0.3 is 0 Å². The molecule has 15 heavy (non-hydrogen) atoms. The van der Waals surface area contributed by atoms with E-state index in [4.69, 9.17) is 5.73 Å². The van der Waals surface area contributed by atoms with E-state index in [0.29, 0.717) is 17.9 Å². The molecule has 1 aromatic heterocycles. The average molecular weight is 205 g/mol. The summed E-state index contributed by atoms with van der Waals surface area (Å²) in [4.78, 5) is 0. The van der Waals surface area contributed by atoms with E-state index < -0.39 is 0 Å². The highest BCUT2D eigenvalue weighted by molar-refractivity contribution is 5.37. The molecule has 4 heteroatoms. The number of hydrogen-bond donors (Lipinski definition) is 1. The molecule has 0 saturated heterocycles. The van der Waals surface area contributed by atoms with Crippen LogP contribution in [0.4, 0.5) is 10.2 Å². The first kappa shape index (κ1) is 9.71. The van der Waals surface area contributed by atoms with Crippen molar-refractivity contribution >= 4 is 5.82 Å². The molecule has 2 N–H and O–H groups in total. The first-order chi connectivity index (χ1) is 7.18. The van der Waals surface area contributed by atoms with E-state index in [0.717, 1.165) is 5.56 Å². The number of nitrogens with two attached hydrogens (primary N) is 1. The summed E-state index contributed by atoms with van der Waals surface area (Å²) < 4.78 is 14.9. The molecule has 0 radical (unpaired) electrons. The summed E-state index contributed by atoms with van der Waals surface area (Å²) in [5.74, 6) is 0.350. The third-order valence-corrected chi connectivity index (χ3v) is 2.35. The Morgan fingerprint density at radius 1 is 1.40 bits per heavy atom. The number of benzene rings is 1. The van der Waals surface area contributed by atoms with Crippen LogP contribution in [0.5, 0.6) is 0 Å². The molecular weight excluding hydrogens is 193 g/mol. The maximum atomic E-state index is 13.3. The number of halogens is 1. The Morgan fingerprint density at radius 2 is 2.13 bits per heavy atom. The minimum Gasteiger partial charge on any atom is -0.384 e. The van der Waals surface area contributed by atoms with Gasteiger partial charge in [-0.2, -0.15) is 5.10 Å². The molecule has 0 spiro atoms. The van der Waals surface area contributed by atoms with Crippen LogP contribution in [-0.4, -0.2) is 9.78 Å². The highest BCUT2D eigenvalue weighted by Crippen LogP contribution is 2.13. The molecule has 1 heterocycles. The maximum absolute atomic E-state index is 13.3. The van der Waals surface area contributed by atoms with Crippen molar-refractivity contribution in [3.05, 3.63) is 47.4 Å². The second kappa shape index (κ2) is 3.73. The van der Waals surface area contributed by atoms with Gasteiger partial charge in [0.15, 0.2) is 0 Å². The molecule has 0 saturated carbocycles. The Balaban J connectivity index is 2.30. The van der Waals surface area contributed by atoms with E-state index in [1.54, 1.807) is 29.1 Å². The Morgan fingerprint density at radius 3 is 2.73 bits per heavy atom. The number of aryl methyl sites for hydroxylation is 1. The quantitative estimate of drug-likeness (QED) is 0.814. The van der Waals surface area contributed by atoms with E-state index in [9.17, 15) is 4.39 Å². The molecule has 0 aliphatic heterocycles. The van der Waals surface area contributed by atoms with Gasteiger partial charge in [-0.25, -0.2) is 9.07 Å². The first-order valence-electron chi connectivity index (χ1n) is 4.70. The maximum Gasteiger partial charge on any atom is 0.128 e. The van der Waals surface area contributed by atoms with Crippen molar-refractivity contribution in [2.75, 3.05) is 5.73 Å². The number of hydrogen-bond acceptors (Lipinski definition) is 2. The Bertz CT molecular complexity index is 476. The van der Waals surface area contributed by atoms with Gasteiger partial charge in [0.1, 0.15) is 11.6 Å². The first-order valence-corrected chi connectivity index (χ1v) is 4.70. The molecule has 0 fully saturated rings. The topological polar surface area (TPSA) is 43.8 Å². The highest BCUT2D eigenvalue weighted by Gasteiger charge is 2.06. The molecular formula is C11H12FN3. The number of aromatic nitrogens is 2. The summed E-state index contributed by atoms with van der Waals surface area (Å²) in [5.41, 5.74) is 7.28. The van der Waals surface area contributed by atoms with Crippen molar-refractivity contribution in [2.45, 2.75) is 13.5 Å². The molecule has 2 rings (SSSR count). The second-order valence-electron chi connectivity index (χ2n) is 3.46. The minimum atomic E-state index is -0.231. The van der Waals surface area contributed by atoms with Gasteiger partial charge in [0.25, 0.3) is 0 Å². The van der Waals surface area contributed by atoms with Gasteiger partial charge in [-0.3, -0.25) is 0 Å². The van der Waals surface area contributed by atoms with Gasteiger partial charge in [0.2, 0.25) is 0 Å². The van der Waals surface area contributed by atoms with Crippen molar-refractivity contribution in [1.82, 2.24) is 9.78 Å². The van der Waals surface area contributed by atoms with Crippen molar-refractivity contribution in [3.63, 3.8) is 0 Å². The zero-order valence-corrected chi connectivity index (χ0v) is 8.44. The molecule has 0 bridgehead atoms. The molecule has 1 aromatic carbocycles. The van der Waals surface area contributed by atoms with E-state index in [2.05, 4.69) is 5.10 Å². The van der Waals surface area contributed by atoms with E-state index in [1.165, 1.54) is 6.07 Å². The van der Waals surface area contributed by atoms with Gasteiger partial charge in [0, 0.05) is 11.1 Å². The SMILES string of the molecule is Cc1cnn(Cc2ccccc2F)c1N. The normalized spacial score (nSPS) is 10.5. The van der Waals surface area contributed by atoms with Crippen LogP contribution in [0.2, 0.25) is 0 Å². The third kappa shape index (κ3) is 1.83. The van der Waals surface area contributed by atoms with Crippen molar-refractivity contribution < 1.29 is 4.39 Å². The predicted octanol–water partition coefficient (Wildman–Crippen LogP) is 1.96. The monoisotopic (exact) mass is 205 g/mol. The van der Waals surface area contributed by atoms with Gasteiger partial charge in [0.05, 0.1) is 12.7 Å². The fourth-order valence-electron chi connectivity index (χ4n) is 1.40. The fourth-order valence-corrected chi connectivity index (χ4v) is 1.40. The standard InChI is InChI=1S/C11H12FN3/c1-8-6-14-15(11(8)13)7-9-4-2-3-5-10(9)12/h2-6H,7,13H2,1H3. The van der Waals surface area contributed by atoms with Gasteiger partial charge in [-0.15, -0.1) is 0 Å². The van der Waals surface area contributed by atoms with Crippen LogP contribution < -0.4 is 5.73 Å². The smallest absolute Gasteiger partial charge is 0.128 e. The zero-order chi connectivity index (χ0) is 10.8. The summed E-state index contributed by atoms with van der Waals surface area (Å²) in [6.45, 7) is 2.24. The summed E-state index contributed by atoms with van der Waals surface area (Å²) in [7, 11) is 0. The summed E-state index contributed by atoms with van der Waals surface area (Å²) in [5, 5.41) is 4.08. The van der Waals surface area contributed by atoms with Crippen LogP contribution in [0.15, 0.2) is 30.5 Å². The second-order valence-corrected chi connectivity index (χ2v) is 3.46. The average Bonchev–Trinajstić information content (AvgIpc) is 2.53. The zero-order valence-electron chi connectivity index (χ0n) is 8.44. The van der Waals surface area contributed by atoms with E-state index in [1.807, 2.05) is 6.92 Å². The molecule has 0 amide bonds. The number of rotatable bonds is 2. The number of nitrogen functional groups attached to an aromatic ring is 1. The van der Waals surface area contributed by atoms with E-state index in [-0.39, 0.29) is 5.82 Å². The molecule has 3 nitrogen and oxygen atoms in total. The predicted molar refractivity (Wildman–Crippen MR) is 56.9 cm³/mol. The minimum absolute atomic E-state index is 0.231. The molecule has 78 valence electrons. The summed E-state index contributed by atoms with van der Waals surface area (Å²) in [6, 6.07) is 6.62. The van der Waals surface area contributed by atoms with Crippen molar-refractivity contribution in [2.24, 2.45) is 0 Å². The highest BCUT2D eigenvalue weighted by atomic mass is 19.1. The molecule has 2 aromatic rings. The third-order valence-electron chi connectivity index (χ3n) is 2.35. The van der Waals surface area contributed by atoms with Crippen LogP contribution in [0.25, 0.3) is 0 Å². The summed E-state index contributed by atoms with van der Waals surface area (Å²) in [6.07, 6.45) is 1.68. The Kier molecular flexibility index (Phi) is 2.41. The van der Waals surface area contributed by atoms with Crippen LogP contribution in [0.1, 0.15) is 11.1 Å². The Labute approximate surface area is 87.3 Å². The van der Waals surface area contributed by atoms with Gasteiger partial charge in [-0.1, -0.05) is 18.2 Å². The lowest BCUT2D eigenvalue weighted by atomic mass is 10.2. The summed E-state index contributed by atoms with van der Waals surface area (Å²) >= 11 is 0. The number of anilines is 1. The lowest BCUT2D eigenvalue weighted by Crippen LogP contribution is -2.07. The molecule has 0 unspecified atom stereocenters. The van der Waals surface area contributed by atoms with Crippen molar-refractivity contribution in [3.8, 4) is 0 Å². The van der Waals surface area contributed by atoms with Crippen molar-refractivity contribution in [1.29, 1.82) is 0 Å². The largest absolute Gasteiger partial charge is 0.384 e. The number of nitrogens with zero attached hydrogens (tertiary/aromatic N) is 2. The van der Waals surface area contributed by atoms with Crippen LogP contribution >= 0.6 is 0 Å². The van der Waals surface area contributed by atoms with Gasteiger partial charge in [-0.05, 0) is 13.0 Å². The fraction of sp³-hybridized carbons (Fsp3) is 0.182. The molecule has 0 aliphatic rings. The van der Waals surface area contributed by atoms with Crippen LogP contribution in [-0.2, 0) is 6.54 Å². The van der Waals surface area contributed by atoms with Gasteiger partial charge < -0.3 is 5.73 Å². The molecule has 0 aliphatic carbocycles. The Hall–Kier alpha value is -1.84. The van der Waals surface area contributed by atoms with E-state index >= 15 is 0 Å². The molecule has 0 atom stereocenters. The lowest BCUT2D eigenvalue weighted by molar-refractivity contribution is 0.587. The lowest BCUT2D eigenvalue weighted by Gasteiger charge is -2.05.